The molecule has 0 bridgehead atoms. The Kier molecular flexibility index (Phi) is 31.0. The number of aromatic nitrogens is 12. The van der Waals surface area contributed by atoms with Gasteiger partial charge in [-0.15, -0.1) is 51.0 Å². The molecule has 134 heavy (non-hydrogen) atoms. The number of imidazole rings is 1. The number of hydrogen-bond donors (Lipinski definition) is 11. The number of likely N-dealkylation sites (tertiary alicyclic amines) is 1. The summed E-state index contributed by atoms with van der Waals surface area (Å²) in [5.41, 5.74) is 45.7. The predicted molar refractivity (Wildman–Crippen MR) is 531 cm³/mol. The first-order valence-corrected chi connectivity index (χ1v) is 45.2. The van der Waals surface area contributed by atoms with Crippen molar-refractivity contribution in [2.45, 2.75) is 83.3 Å². The first-order valence-electron chi connectivity index (χ1n) is 45.2. The lowest BCUT2D eigenvalue weighted by molar-refractivity contribution is 0.198. The zero-order chi connectivity index (χ0) is 93.6. The van der Waals surface area contributed by atoms with Crippen molar-refractivity contribution in [1.29, 1.82) is 0 Å². The number of benzene rings is 9. The molecule has 15 aromatic rings. The van der Waals surface area contributed by atoms with Gasteiger partial charge in [-0.05, 0) is 174 Å². The minimum atomic E-state index is 0.0532. The number of anilines is 8. The number of ether oxygens (including phenoxy) is 1. The first kappa shape index (κ1) is 93.3. The van der Waals surface area contributed by atoms with Gasteiger partial charge in [-0.2, -0.15) is 0 Å². The number of phenolic OH excluding ortho intramolecular Hbond substituents is 5. The summed E-state index contributed by atoms with van der Waals surface area (Å²) < 4.78 is 8.16. The maximum Gasteiger partial charge on any atom is 0.188 e. The molecule has 5 atom stereocenters. The van der Waals surface area contributed by atoms with Crippen LogP contribution in [0.5, 0.6) is 34.5 Å². The van der Waals surface area contributed by atoms with E-state index in [4.69, 9.17) is 33.4 Å². The summed E-state index contributed by atoms with van der Waals surface area (Å²) in [4.78, 5) is 18.4. The zero-order valence-electron chi connectivity index (χ0n) is 76.0. The second kappa shape index (κ2) is 44.5. The molecule has 10 heterocycles. The molecule has 30 heteroatoms. The van der Waals surface area contributed by atoms with Crippen LogP contribution in [-0.2, 0) is 13.0 Å². The van der Waals surface area contributed by atoms with Crippen LogP contribution in [0.2, 0.25) is 0 Å². The minimum absolute atomic E-state index is 0.0532. The van der Waals surface area contributed by atoms with E-state index in [1.54, 1.807) is 91.3 Å². The lowest BCUT2D eigenvalue weighted by Gasteiger charge is -2.39. The average molecular weight is 1800 g/mol. The summed E-state index contributed by atoms with van der Waals surface area (Å²) in [6, 6.07) is 87.9. The number of nitrogen functional groups attached to an aromatic ring is 5. The number of piperidine rings is 1. The molecule has 19 rings (SSSR count). The van der Waals surface area contributed by atoms with E-state index in [9.17, 15) is 25.5 Å². The van der Waals surface area contributed by atoms with Crippen molar-refractivity contribution in [2.75, 3.05) is 129 Å². The van der Waals surface area contributed by atoms with Crippen molar-refractivity contribution in [2.24, 2.45) is 5.92 Å². The second-order valence-corrected chi connectivity index (χ2v) is 34.1. The number of nitrogens with one attached hydrogen (secondary N) is 1. The lowest BCUT2D eigenvalue weighted by Crippen LogP contribution is -2.51. The fraction of sp³-hybridized carbons (Fsp3) is 0.260. The van der Waals surface area contributed by atoms with Gasteiger partial charge >= 0.3 is 0 Å². The lowest BCUT2D eigenvalue weighted by atomic mass is 9.89. The fourth-order valence-electron chi connectivity index (χ4n) is 17.2. The SMILES string of the molecule is CC(c1ccccc1)N1CCN(c2cc(-c3ccccc3O)nnc2N)CC1.CC(c1ccccc1)n1cnc(-c2cc(-c3ccccc3O)nnc2N)c1.C[C@H](C1CCN(c2cc(-c3ccccc3O)nnc2N)CC1)N(C)C.Nc1nnc(-c2ccccc2O)cc1N1CCNC(Cc2ccccc2)C1.Nc1nnc(-c2ccccc2O)cc1OC1CCN(Cc2ccccc2)C1. The van der Waals surface area contributed by atoms with E-state index in [1.807, 2.05) is 108 Å². The Morgan fingerprint density at radius 2 is 0.776 bits per heavy atom. The smallest absolute Gasteiger partial charge is 0.188 e. The van der Waals surface area contributed by atoms with Crippen LogP contribution < -0.4 is 53.4 Å². The van der Waals surface area contributed by atoms with E-state index in [1.165, 1.54) is 22.3 Å². The zero-order valence-corrected chi connectivity index (χ0v) is 76.0. The standard InChI is InChI=1S/C22H25N5O.C21H19N5O.C21H23N5O.C21H22N4O2.C19H27N5O/c1-16(17-7-3-2-4-8-17)26-11-13-27(14-12-26)20-15-19(24-25-22(20)23)18-9-5-6-10-21(18)28;1-14(15-7-3-2-4-8-15)26-12-19(23-13-26)17-11-18(24-25-21(17)22)16-9-5-6-10-20(16)27;22-21-19(13-18(24-25-21)17-8-4-5-9-20(17)27)26-11-10-23-16(14-26)12-15-6-2-1-3-7-15;22-21-20(12-18(23-24-21)17-8-4-5-9-19(17)26)27-16-10-11-25(14-16)13-15-6-2-1-3-7-15;1-13(23(2)3)14-8-10-24(11-9-14)17-12-16(21-22-19(17)20)15-6-4-5-7-18(15)25/h2-10,15-16,28H,11-14H2,1H3,(H2,23,25);2-14,27H,1H3,(H2,22,25);1-9,13,16,23,27H,10-12,14H2,(H2,22,25);1-9,12,16,26H,10-11,13-14H2,(H2,22,24);4-7,12-14,25H,8-11H2,1-3H3,(H2,20,22)/t;;;;13-/m....1/s1. The molecule has 0 spiro atoms. The first-order chi connectivity index (χ1) is 65.1. The molecule has 4 unspecified atom stereocenters. The third-order valence-corrected chi connectivity index (χ3v) is 25.1. The summed E-state index contributed by atoms with van der Waals surface area (Å²) >= 11 is 0. The number of aromatic hydroxyl groups is 5. The van der Waals surface area contributed by atoms with Gasteiger partial charge in [-0.25, -0.2) is 4.98 Å². The Labute approximate surface area is 781 Å². The molecule has 0 aliphatic carbocycles. The Morgan fingerprint density at radius 3 is 1.24 bits per heavy atom. The van der Waals surface area contributed by atoms with E-state index >= 15 is 0 Å². The minimum Gasteiger partial charge on any atom is -0.507 e. The van der Waals surface area contributed by atoms with Gasteiger partial charge in [0.2, 0.25) is 0 Å². The van der Waals surface area contributed by atoms with Crippen LogP contribution >= 0.6 is 0 Å². The van der Waals surface area contributed by atoms with Gasteiger partial charge in [0, 0.05) is 142 Å². The summed E-state index contributed by atoms with van der Waals surface area (Å²) in [5, 5.41) is 95.2. The highest BCUT2D eigenvalue weighted by Crippen LogP contribution is 2.40. The number of para-hydroxylation sites is 5. The topological polar surface area (TPSA) is 419 Å². The third-order valence-electron chi connectivity index (χ3n) is 25.1. The van der Waals surface area contributed by atoms with Crippen LogP contribution in [0.4, 0.5) is 46.2 Å². The Balaban J connectivity index is 0.000000128. The number of hydrogen-bond acceptors (Lipinski definition) is 29. The molecular weight excluding hydrogens is 1680 g/mol. The van der Waals surface area contributed by atoms with Crippen molar-refractivity contribution in [1.82, 2.24) is 80.6 Å². The predicted octanol–water partition coefficient (Wildman–Crippen LogP) is 15.4. The number of rotatable bonds is 21. The van der Waals surface area contributed by atoms with E-state index in [0.717, 1.165) is 121 Å². The van der Waals surface area contributed by atoms with Crippen LogP contribution in [0.1, 0.15) is 74.4 Å². The normalized spacial score (nSPS) is 15.9. The highest BCUT2D eigenvalue weighted by Gasteiger charge is 2.31. The molecule has 0 saturated carbocycles. The van der Waals surface area contributed by atoms with E-state index < -0.39 is 0 Å². The molecule has 16 N–H and O–H groups in total. The van der Waals surface area contributed by atoms with E-state index in [-0.39, 0.29) is 46.7 Å². The Bertz CT molecular complexity index is 6330. The van der Waals surface area contributed by atoms with Crippen molar-refractivity contribution in [3.8, 4) is 102 Å². The van der Waals surface area contributed by atoms with Crippen LogP contribution in [0.3, 0.4) is 0 Å². The highest BCUT2D eigenvalue weighted by atomic mass is 16.5. The molecular formula is C104H116N24O6. The molecule has 6 aromatic heterocycles. The van der Waals surface area contributed by atoms with Crippen molar-refractivity contribution in [3.63, 3.8) is 0 Å². The molecule has 4 aliphatic rings. The molecule has 0 amide bonds. The highest BCUT2D eigenvalue weighted by molar-refractivity contribution is 5.79. The molecule has 30 nitrogen and oxygen atoms in total. The third kappa shape index (κ3) is 23.7. The summed E-state index contributed by atoms with van der Waals surface area (Å²) in [6.45, 7) is 17.5. The molecule has 9 aromatic carbocycles. The van der Waals surface area contributed by atoms with Gasteiger partial charge in [0.25, 0.3) is 0 Å². The Hall–Kier alpha value is -15.4. The molecule has 4 fully saturated rings. The van der Waals surface area contributed by atoms with Gasteiger partial charge in [0.05, 0.1) is 57.9 Å². The monoisotopic (exact) mass is 1800 g/mol. The number of phenols is 5. The molecule has 688 valence electrons. The van der Waals surface area contributed by atoms with Crippen molar-refractivity contribution < 1.29 is 30.3 Å². The molecule has 4 aliphatic heterocycles. The fourth-order valence-corrected chi connectivity index (χ4v) is 17.2. The number of piperazine rings is 2. The summed E-state index contributed by atoms with van der Waals surface area (Å²) in [5.74, 6) is 3.90. The Morgan fingerprint density at radius 1 is 0.381 bits per heavy atom. The molecule has 4 saturated heterocycles. The number of nitrogens with zero attached hydrogens (tertiary/aromatic N) is 18. The van der Waals surface area contributed by atoms with Crippen molar-refractivity contribution in [3.05, 3.63) is 308 Å². The van der Waals surface area contributed by atoms with Crippen LogP contribution in [-0.4, -0.2) is 205 Å². The van der Waals surface area contributed by atoms with Gasteiger partial charge < -0.3 is 88.4 Å². The quantitative estimate of drug-likeness (QED) is 0.0318. The second-order valence-electron chi connectivity index (χ2n) is 34.1. The van der Waals surface area contributed by atoms with Gasteiger partial charge in [0.15, 0.2) is 34.8 Å². The van der Waals surface area contributed by atoms with Crippen LogP contribution in [0.15, 0.2) is 286 Å². The summed E-state index contributed by atoms with van der Waals surface area (Å²) in [7, 11) is 4.28. The summed E-state index contributed by atoms with van der Waals surface area (Å²) in [6.07, 6.45) is 7.94. The average Bonchev–Trinajstić information content (AvgIpc) is 0.915. The van der Waals surface area contributed by atoms with Crippen molar-refractivity contribution >= 4 is 46.2 Å². The maximum absolute atomic E-state index is 10.1. The number of nitrogens with two attached hydrogens (primary N) is 5. The van der Waals surface area contributed by atoms with E-state index in [2.05, 4.69) is 217 Å². The largest absolute Gasteiger partial charge is 0.507 e. The van der Waals surface area contributed by atoms with Gasteiger partial charge in [-0.1, -0.05) is 182 Å². The van der Waals surface area contributed by atoms with Crippen LogP contribution in [0, 0.1) is 5.92 Å². The molecule has 0 radical (unpaired) electrons. The van der Waals surface area contributed by atoms with Crippen LogP contribution in [0.25, 0.3) is 67.5 Å². The van der Waals surface area contributed by atoms with Gasteiger partial charge in [0.1, 0.15) is 40.5 Å². The maximum atomic E-state index is 10.1. The van der Waals surface area contributed by atoms with E-state index in [0.29, 0.717) is 121 Å². The van der Waals surface area contributed by atoms with Gasteiger partial charge in [-0.3, -0.25) is 9.80 Å².